The van der Waals surface area contributed by atoms with Gasteiger partial charge in [0.15, 0.2) is 5.58 Å². The maximum Gasteiger partial charge on any atom is 0.159 e. The topological polar surface area (TPSA) is 28.4 Å². The first-order valence-corrected chi connectivity index (χ1v) is 21.5. The summed E-state index contributed by atoms with van der Waals surface area (Å²) < 4.78 is 6.93. The van der Waals surface area contributed by atoms with Gasteiger partial charge in [0.05, 0.1) is 5.69 Å². The number of furan rings is 1. The van der Waals surface area contributed by atoms with E-state index in [1.54, 1.807) is 0 Å². The van der Waals surface area contributed by atoms with Gasteiger partial charge >= 0.3 is 0 Å². The van der Waals surface area contributed by atoms with Crippen LogP contribution in [0.3, 0.4) is 0 Å². The normalized spacial score (nSPS) is 11.5. The van der Waals surface area contributed by atoms with Crippen molar-refractivity contribution in [1.29, 1.82) is 0 Å². The molecule has 296 valence electrons. The van der Waals surface area contributed by atoms with Crippen LogP contribution in [0.25, 0.3) is 87.6 Å². The number of nitrogens with one attached hydrogen (secondary N) is 1. The molecule has 0 spiro atoms. The summed E-state index contributed by atoms with van der Waals surface area (Å²) in [6.07, 6.45) is 0. The zero-order valence-electron chi connectivity index (χ0n) is 34.4. The van der Waals surface area contributed by atoms with E-state index < -0.39 is 0 Å². The summed E-state index contributed by atoms with van der Waals surface area (Å²) in [7, 11) is 0. The third-order valence-corrected chi connectivity index (χ3v) is 12.4. The predicted molar refractivity (Wildman–Crippen MR) is 267 cm³/mol. The zero-order chi connectivity index (χ0) is 41.7. The predicted octanol–water partition coefficient (Wildman–Crippen LogP) is 17.3. The molecule has 63 heavy (non-hydrogen) atoms. The number of benzene rings is 11. The Morgan fingerprint density at radius 1 is 0.317 bits per heavy atom. The van der Waals surface area contributed by atoms with E-state index in [1.165, 1.54) is 49.0 Å². The Morgan fingerprint density at radius 2 is 0.825 bits per heavy atom. The van der Waals surface area contributed by atoms with Crippen LogP contribution in [0.5, 0.6) is 0 Å². The molecule has 12 aromatic rings. The minimum atomic E-state index is 0.854. The largest absolute Gasteiger partial charge is 0.453 e. The fourth-order valence-electron chi connectivity index (χ4n) is 9.55. The SMILES string of the molecule is c1ccc(-c2ccccc2Nc2cc3cc(-c4ccc(N(c5ccccc5)c5cccc6c5oc5c(-c7ccccc7)cccc56)cc4)c4ccccc4c3c3ccccc23)cc1. The Bertz CT molecular complexity index is 3630. The molecule has 0 radical (unpaired) electrons. The lowest BCUT2D eigenvalue weighted by Crippen LogP contribution is -2.10. The van der Waals surface area contributed by atoms with Crippen molar-refractivity contribution in [3.05, 3.63) is 237 Å². The first-order valence-electron chi connectivity index (χ1n) is 21.5. The smallest absolute Gasteiger partial charge is 0.159 e. The monoisotopic (exact) mass is 804 g/mol. The summed E-state index contributed by atoms with van der Waals surface area (Å²) >= 11 is 0. The lowest BCUT2D eigenvalue weighted by atomic mass is 9.90. The molecule has 12 rings (SSSR count). The number of hydrogen-bond acceptors (Lipinski definition) is 3. The van der Waals surface area contributed by atoms with E-state index in [9.17, 15) is 0 Å². The molecule has 0 unspecified atom stereocenters. The maximum absolute atomic E-state index is 6.93. The first kappa shape index (κ1) is 36.5. The molecule has 1 heterocycles. The third kappa shape index (κ3) is 6.29. The van der Waals surface area contributed by atoms with Crippen molar-refractivity contribution in [1.82, 2.24) is 0 Å². The van der Waals surface area contributed by atoms with Crippen molar-refractivity contribution >= 4 is 82.7 Å². The molecule has 0 atom stereocenters. The minimum Gasteiger partial charge on any atom is -0.453 e. The van der Waals surface area contributed by atoms with Crippen LogP contribution in [-0.2, 0) is 0 Å². The van der Waals surface area contributed by atoms with Crippen molar-refractivity contribution in [2.75, 3.05) is 10.2 Å². The number of rotatable bonds is 8. The Morgan fingerprint density at radius 3 is 1.56 bits per heavy atom. The number of anilines is 5. The van der Waals surface area contributed by atoms with Crippen molar-refractivity contribution in [3.8, 4) is 33.4 Å². The minimum absolute atomic E-state index is 0.854. The van der Waals surface area contributed by atoms with Gasteiger partial charge in [0.25, 0.3) is 0 Å². The lowest BCUT2D eigenvalue weighted by molar-refractivity contribution is 0.670. The molecule has 11 aromatic carbocycles. The molecule has 1 N–H and O–H groups in total. The van der Waals surface area contributed by atoms with Crippen molar-refractivity contribution in [3.63, 3.8) is 0 Å². The fourth-order valence-corrected chi connectivity index (χ4v) is 9.55. The van der Waals surface area contributed by atoms with Crippen molar-refractivity contribution in [2.45, 2.75) is 0 Å². The fraction of sp³-hybridized carbons (Fsp3) is 0. The maximum atomic E-state index is 6.93. The van der Waals surface area contributed by atoms with Gasteiger partial charge in [-0.1, -0.05) is 188 Å². The average Bonchev–Trinajstić information content (AvgIpc) is 3.75. The highest BCUT2D eigenvalue weighted by Crippen LogP contribution is 2.46. The number of nitrogens with zero attached hydrogens (tertiary/aromatic N) is 1. The quantitative estimate of drug-likeness (QED) is 0.155. The molecule has 3 heteroatoms. The van der Waals surface area contributed by atoms with E-state index in [0.717, 1.165) is 67.1 Å². The van der Waals surface area contributed by atoms with Gasteiger partial charge < -0.3 is 14.6 Å². The molecule has 0 saturated carbocycles. The Labute approximate surface area is 365 Å². The Kier molecular flexibility index (Phi) is 8.83. The van der Waals surface area contributed by atoms with Crippen LogP contribution in [0.4, 0.5) is 28.4 Å². The summed E-state index contributed by atoms with van der Waals surface area (Å²) in [5, 5.41) is 13.4. The van der Waals surface area contributed by atoms with Gasteiger partial charge in [-0.25, -0.2) is 0 Å². The third-order valence-electron chi connectivity index (χ3n) is 12.4. The summed E-state index contributed by atoms with van der Waals surface area (Å²) in [4.78, 5) is 2.31. The van der Waals surface area contributed by atoms with Crippen LogP contribution in [0, 0.1) is 0 Å². The van der Waals surface area contributed by atoms with E-state index in [2.05, 4.69) is 247 Å². The Balaban J connectivity index is 0.999. The van der Waals surface area contributed by atoms with E-state index in [4.69, 9.17) is 4.42 Å². The summed E-state index contributed by atoms with van der Waals surface area (Å²) in [5.74, 6) is 0. The van der Waals surface area contributed by atoms with Crippen LogP contribution < -0.4 is 10.2 Å². The van der Waals surface area contributed by atoms with E-state index in [0.29, 0.717) is 0 Å². The van der Waals surface area contributed by atoms with Gasteiger partial charge in [0.2, 0.25) is 0 Å². The molecule has 0 bridgehead atoms. The second-order valence-corrected chi connectivity index (χ2v) is 16.1. The molecule has 0 fully saturated rings. The number of fused-ring (bicyclic) bond motifs is 8. The van der Waals surface area contributed by atoms with Gasteiger partial charge in [0.1, 0.15) is 5.58 Å². The molecule has 0 saturated heterocycles. The molecular formula is C60H40N2O. The molecule has 0 amide bonds. The van der Waals surface area contributed by atoms with Crippen LogP contribution in [0.2, 0.25) is 0 Å². The number of para-hydroxylation sites is 4. The van der Waals surface area contributed by atoms with Crippen LogP contribution >= 0.6 is 0 Å². The molecular weight excluding hydrogens is 765 g/mol. The lowest BCUT2D eigenvalue weighted by Gasteiger charge is -2.25. The summed E-state index contributed by atoms with van der Waals surface area (Å²) in [6.45, 7) is 0. The highest BCUT2D eigenvalue weighted by molar-refractivity contribution is 6.26. The Hall–Kier alpha value is -8.40. The van der Waals surface area contributed by atoms with E-state index in [1.807, 2.05) is 0 Å². The van der Waals surface area contributed by atoms with Crippen LogP contribution in [0.15, 0.2) is 241 Å². The standard InChI is InChI=1S/C60H40N2O/c1-4-18-40(19-5-1)46-24-14-15-32-55(46)61-56-39-43-38-54(48-25-10-12-27-50(48)58(43)51-28-13-11-26-49(51)56)42-34-36-45(37-35-42)62(44-22-8-3-9-23-44)57-33-17-31-53-52-30-16-29-47(59(52)63-60(53)57)41-20-6-2-7-21-41/h1-39,61H. The van der Waals surface area contributed by atoms with E-state index >= 15 is 0 Å². The van der Waals surface area contributed by atoms with Crippen molar-refractivity contribution in [2.24, 2.45) is 0 Å². The molecule has 1 aromatic heterocycles. The molecule has 0 aliphatic rings. The highest BCUT2D eigenvalue weighted by atomic mass is 16.3. The van der Waals surface area contributed by atoms with Gasteiger partial charge in [-0.15, -0.1) is 0 Å². The van der Waals surface area contributed by atoms with Gasteiger partial charge in [-0.2, -0.15) is 0 Å². The average molecular weight is 805 g/mol. The second-order valence-electron chi connectivity index (χ2n) is 16.1. The van der Waals surface area contributed by atoms with Gasteiger partial charge in [-0.05, 0) is 97.7 Å². The van der Waals surface area contributed by atoms with Gasteiger partial charge in [0, 0.05) is 50.0 Å². The van der Waals surface area contributed by atoms with Crippen molar-refractivity contribution < 1.29 is 4.42 Å². The van der Waals surface area contributed by atoms with E-state index in [-0.39, 0.29) is 0 Å². The molecule has 3 nitrogen and oxygen atoms in total. The highest BCUT2D eigenvalue weighted by Gasteiger charge is 2.21. The van der Waals surface area contributed by atoms with Crippen LogP contribution in [0.1, 0.15) is 0 Å². The summed E-state index contributed by atoms with van der Waals surface area (Å²) in [6, 6.07) is 84.5. The second kappa shape index (κ2) is 15.3. The molecule has 0 aliphatic heterocycles. The van der Waals surface area contributed by atoms with Gasteiger partial charge in [-0.3, -0.25) is 0 Å². The number of hydrogen-bond donors (Lipinski definition) is 1. The zero-order valence-corrected chi connectivity index (χ0v) is 34.4. The first-order chi connectivity index (χ1) is 31.3. The molecule has 0 aliphatic carbocycles. The summed E-state index contributed by atoms with van der Waals surface area (Å²) in [5.41, 5.74) is 13.9. The van der Waals surface area contributed by atoms with Crippen LogP contribution in [-0.4, -0.2) is 0 Å².